The van der Waals surface area contributed by atoms with Crippen molar-refractivity contribution in [2.45, 2.75) is 55.4 Å². The number of hydrogen-bond donors (Lipinski definition) is 4. The van der Waals surface area contributed by atoms with Crippen LogP contribution in [0.5, 0.6) is 23.0 Å². The molecule has 4 aromatic rings. The standard InChI is InChI=1S/4C8H10O.Mo/c4*1-6-4-3-5-7(2)8(6)9;/h4*3-5,9H,1-2H3;. The van der Waals surface area contributed by atoms with Gasteiger partial charge in [0.05, 0.1) is 0 Å². The summed E-state index contributed by atoms with van der Waals surface area (Å²) in [4.78, 5) is 0. The Labute approximate surface area is 236 Å². The van der Waals surface area contributed by atoms with Gasteiger partial charge in [0.25, 0.3) is 0 Å². The van der Waals surface area contributed by atoms with E-state index in [2.05, 4.69) is 0 Å². The van der Waals surface area contributed by atoms with Crippen molar-refractivity contribution >= 4 is 0 Å². The molecule has 5 heteroatoms. The molecule has 0 aromatic heterocycles. The number of benzene rings is 4. The first-order valence-electron chi connectivity index (χ1n) is 11.9. The summed E-state index contributed by atoms with van der Waals surface area (Å²) in [5.74, 6) is 1.66. The molecule has 4 N–H and O–H groups in total. The normalized spacial score (nSPS) is 9.30. The van der Waals surface area contributed by atoms with E-state index in [0.717, 1.165) is 44.5 Å². The quantitative estimate of drug-likeness (QED) is 0.158. The molecule has 198 valence electrons. The van der Waals surface area contributed by atoms with E-state index in [4.69, 9.17) is 0 Å². The molecule has 0 bridgehead atoms. The Bertz CT molecular complexity index is 987. The number of aromatic hydroxyl groups is 4. The summed E-state index contributed by atoms with van der Waals surface area (Å²) in [6.07, 6.45) is 0. The fraction of sp³-hybridized carbons (Fsp3) is 0.250. The number of phenolic OH excluding ortho intramolecular Hbond substituents is 4. The van der Waals surface area contributed by atoms with Crippen molar-refractivity contribution in [3.05, 3.63) is 117 Å². The first kappa shape index (κ1) is 33.8. The Kier molecular flexibility index (Phi) is 15.1. The van der Waals surface area contributed by atoms with Crippen molar-refractivity contribution in [2.75, 3.05) is 0 Å². The van der Waals surface area contributed by atoms with Crippen LogP contribution in [0.2, 0.25) is 0 Å². The van der Waals surface area contributed by atoms with Crippen molar-refractivity contribution in [1.82, 2.24) is 0 Å². The zero-order valence-corrected chi connectivity index (χ0v) is 25.1. The van der Waals surface area contributed by atoms with Crippen LogP contribution in [-0.2, 0) is 21.1 Å². The third kappa shape index (κ3) is 11.1. The first-order chi connectivity index (χ1) is 16.9. The minimum Gasteiger partial charge on any atom is -0.507 e. The topological polar surface area (TPSA) is 80.9 Å². The van der Waals surface area contributed by atoms with Crippen LogP contribution >= 0.6 is 0 Å². The van der Waals surface area contributed by atoms with Crippen molar-refractivity contribution in [1.29, 1.82) is 0 Å². The molecule has 0 saturated carbocycles. The van der Waals surface area contributed by atoms with Crippen LogP contribution in [-0.4, -0.2) is 20.4 Å². The average molecular weight is 585 g/mol. The SMILES string of the molecule is Cc1cccc(C)c1O.Cc1cccc(C)c1O.Cc1cccc(C)c1O.Cc1cccc(C)c1O.[Mo]. The minimum absolute atomic E-state index is 0. The van der Waals surface area contributed by atoms with Gasteiger partial charge in [0.15, 0.2) is 0 Å². The smallest absolute Gasteiger partial charge is 0.121 e. The van der Waals surface area contributed by atoms with Crippen LogP contribution in [0.3, 0.4) is 0 Å². The maximum Gasteiger partial charge on any atom is 0.121 e. The Morgan fingerprint density at radius 2 is 0.405 bits per heavy atom. The molecule has 0 heterocycles. The molecule has 37 heavy (non-hydrogen) atoms. The van der Waals surface area contributed by atoms with E-state index < -0.39 is 0 Å². The van der Waals surface area contributed by atoms with Gasteiger partial charge >= 0.3 is 0 Å². The van der Waals surface area contributed by atoms with Crippen LogP contribution in [0.25, 0.3) is 0 Å². The third-order valence-corrected chi connectivity index (χ3v) is 5.76. The van der Waals surface area contributed by atoms with E-state index in [1.54, 1.807) is 0 Å². The summed E-state index contributed by atoms with van der Waals surface area (Å²) in [6, 6.07) is 22.9. The van der Waals surface area contributed by atoms with Crippen molar-refractivity contribution in [3.8, 4) is 23.0 Å². The number of para-hydroxylation sites is 4. The van der Waals surface area contributed by atoms with E-state index in [1.165, 1.54) is 0 Å². The van der Waals surface area contributed by atoms with Gasteiger partial charge in [0.2, 0.25) is 0 Å². The summed E-state index contributed by atoms with van der Waals surface area (Å²) >= 11 is 0. The van der Waals surface area contributed by atoms with Crippen molar-refractivity contribution < 1.29 is 41.5 Å². The molecule has 4 nitrogen and oxygen atoms in total. The molecule has 4 rings (SSSR count). The predicted molar refractivity (Wildman–Crippen MR) is 150 cm³/mol. The third-order valence-electron chi connectivity index (χ3n) is 5.76. The molecule has 0 aliphatic carbocycles. The fourth-order valence-corrected chi connectivity index (χ4v) is 3.22. The predicted octanol–water partition coefficient (Wildman–Crippen LogP) is 8.03. The van der Waals surface area contributed by atoms with Crippen molar-refractivity contribution in [2.24, 2.45) is 0 Å². The fourth-order valence-electron chi connectivity index (χ4n) is 3.22. The molecule has 0 aliphatic heterocycles. The van der Waals surface area contributed by atoms with E-state index in [9.17, 15) is 20.4 Å². The summed E-state index contributed by atoms with van der Waals surface area (Å²) in [7, 11) is 0. The zero-order valence-electron chi connectivity index (χ0n) is 23.1. The van der Waals surface area contributed by atoms with Gasteiger partial charge in [0, 0.05) is 21.1 Å². The van der Waals surface area contributed by atoms with Crippen molar-refractivity contribution in [3.63, 3.8) is 0 Å². The second kappa shape index (κ2) is 16.5. The molecule has 0 unspecified atom stereocenters. The molecule has 4 aromatic carbocycles. The van der Waals surface area contributed by atoms with Crippen LogP contribution in [0.1, 0.15) is 44.5 Å². The molecular formula is C32H40MoO4. The van der Waals surface area contributed by atoms with Gasteiger partial charge in [-0.3, -0.25) is 0 Å². The largest absolute Gasteiger partial charge is 0.507 e. The van der Waals surface area contributed by atoms with Gasteiger partial charge in [-0.2, -0.15) is 0 Å². The van der Waals surface area contributed by atoms with Gasteiger partial charge in [-0.15, -0.1) is 0 Å². The Morgan fingerprint density at radius 1 is 0.297 bits per heavy atom. The Hall–Kier alpha value is -3.23. The first-order valence-corrected chi connectivity index (χ1v) is 11.9. The summed E-state index contributed by atoms with van der Waals surface area (Å²) in [5, 5.41) is 36.8. The zero-order chi connectivity index (χ0) is 27.4. The molecule has 0 aliphatic rings. The molecule has 0 atom stereocenters. The number of aryl methyl sites for hydroxylation is 8. The minimum atomic E-state index is 0. The number of phenols is 4. The molecule has 0 saturated heterocycles. The van der Waals surface area contributed by atoms with E-state index in [1.807, 2.05) is 128 Å². The van der Waals surface area contributed by atoms with E-state index >= 15 is 0 Å². The van der Waals surface area contributed by atoms with Gasteiger partial charge in [-0.05, 0) is 99.9 Å². The summed E-state index contributed by atoms with van der Waals surface area (Å²) in [5.41, 5.74) is 7.52. The Balaban J connectivity index is 0.000000463. The summed E-state index contributed by atoms with van der Waals surface area (Å²) < 4.78 is 0. The number of hydrogen-bond acceptors (Lipinski definition) is 4. The van der Waals surface area contributed by atoms with Gasteiger partial charge < -0.3 is 20.4 Å². The average Bonchev–Trinajstić information content (AvgIpc) is 2.84. The van der Waals surface area contributed by atoms with Crippen LogP contribution in [0.15, 0.2) is 72.8 Å². The molecule has 0 fully saturated rings. The van der Waals surface area contributed by atoms with Gasteiger partial charge in [-0.25, -0.2) is 0 Å². The maximum atomic E-state index is 9.21. The Morgan fingerprint density at radius 3 is 0.486 bits per heavy atom. The maximum absolute atomic E-state index is 9.21. The molecule has 0 radical (unpaired) electrons. The van der Waals surface area contributed by atoms with Gasteiger partial charge in [0.1, 0.15) is 23.0 Å². The van der Waals surface area contributed by atoms with Crippen LogP contribution in [0.4, 0.5) is 0 Å². The monoisotopic (exact) mass is 586 g/mol. The molecule has 0 amide bonds. The summed E-state index contributed by atoms with van der Waals surface area (Å²) in [6.45, 7) is 15.1. The second-order valence-electron chi connectivity index (χ2n) is 8.96. The molecular weight excluding hydrogens is 544 g/mol. The van der Waals surface area contributed by atoms with E-state index in [-0.39, 0.29) is 21.1 Å². The van der Waals surface area contributed by atoms with Gasteiger partial charge in [-0.1, -0.05) is 72.8 Å². The number of rotatable bonds is 0. The van der Waals surface area contributed by atoms with Crippen LogP contribution in [0, 0.1) is 55.4 Å². The van der Waals surface area contributed by atoms with E-state index in [0.29, 0.717) is 23.0 Å². The molecule has 0 spiro atoms. The van der Waals surface area contributed by atoms with Crippen LogP contribution < -0.4 is 0 Å². The second-order valence-corrected chi connectivity index (χ2v) is 8.96.